The van der Waals surface area contributed by atoms with Gasteiger partial charge in [0, 0.05) is 31.3 Å². The largest absolute Gasteiger partial charge is 0.454 e. The number of nitrogens with zero attached hydrogens (tertiary/aromatic N) is 2. The first-order chi connectivity index (χ1) is 15.6. The fraction of sp³-hybridized carbons (Fsp3) is 0.167. The summed E-state index contributed by atoms with van der Waals surface area (Å²) >= 11 is 6.22. The van der Waals surface area contributed by atoms with Crippen molar-refractivity contribution >= 4 is 23.2 Å². The Morgan fingerprint density at radius 1 is 1.12 bits per heavy atom. The topological polar surface area (TPSA) is 64.9 Å². The number of carbonyl (C=O) groups excluding carboxylic acids is 1. The molecule has 0 saturated carbocycles. The minimum Gasteiger partial charge on any atom is -0.454 e. The molecule has 1 N–H and O–H groups in total. The maximum Gasteiger partial charge on any atom is 0.231 e. The number of halogens is 2. The summed E-state index contributed by atoms with van der Waals surface area (Å²) in [5.41, 5.74) is 3.29. The molecule has 0 aliphatic carbocycles. The van der Waals surface area contributed by atoms with E-state index in [2.05, 4.69) is 10.3 Å². The Bertz CT molecular complexity index is 1290. The zero-order valence-electron chi connectivity index (χ0n) is 16.9. The maximum atomic E-state index is 13.1. The van der Waals surface area contributed by atoms with Gasteiger partial charge in [0.15, 0.2) is 11.5 Å². The Kier molecular flexibility index (Phi) is 5.41. The summed E-state index contributed by atoms with van der Waals surface area (Å²) in [5, 5.41) is 3.49. The first kappa shape index (κ1) is 20.3. The van der Waals surface area contributed by atoms with E-state index in [0.717, 1.165) is 22.5 Å². The zero-order valence-corrected chi connectivity index (χ0v) is 17.7. The van der Waals surface area contributed by atoms with Crippen LogP contribution in [0.5, 0.6) is 11.5 Å². The van der Waals surface area contributed by atoms with Crippen LogP contribution < -0.4 is 14.8 Å². The molecule has 1 atom stereocenters. The normalized spacial score (nSPS) is 13.3. The van der Waals surface area contributed by atoms with E-state index in [0.29, 0.717) is 23.1 Å². The molecule has 1 aliphatic rings. The highest BCUT2D eigenvalue weighted by Gasteiger charge is 2.24. The van der Waals surface area contributed by atoms with E-state index in [1.54, 1.807) is 30.6 Å². The van der Waals surface area contributed by atoms with Crippen molar-refractivity contribution in [2.75, 3.05) is 6.79 Å². The fourth-order valence-electron chi connectivity index (χ4n) is 3.81. The molecule has 2 aromatic carbocycles. The molecule has 6 nitrogen and oxygen atoms in total. The lowest BCUT2D eigenvalue weighted by atomic mass is 9.92. The Morgan fingerprint density at radius 2 is 1.94 bits per heavy atom. The van der Waals surface area contributed by atoms with Crippen LogP contribution in [0.1, 0.15) is 29.2 Å². The summed E-state index contributed by atoms with van der Waals surface area (Å²) in [6, 6.07) is 15.3. The van der Waals surface area contributed by atoms with Gasteiger partial charge >= 0.3 is 0 Å². The van der Waals surface area contributed by atoms with Crippen LogP contribution in [-0.2, 0) is 11.3 Å². The van der Waals surface area contributed by atoms with Crippen molar-refractivity contribution in [3.05, 3.63) is 94.7 Å². The number of amides is 1. The number of hydrogen-bond acceptors (Lipinski definition) is 4. The van der Waals surface area contributed by atoms with Gasteiger partial charge in [-0.15, -0.1) is 0 Å². The molecule has 0 radical (unpaired) electrons. The molecule has 0 saturated heterocycles. The molecule has 0 fully saturated rings. The predicted molar refractivity (Wildman–Crippen MR) is 117 cm³/mol. The first-order valence-corrected chi connectivity index (χ1v) is 10.5. The van der Waals surface area contributed by atoms with Crippen molar-refractivity contribution in [2.24, 2.45) is 0 Å². The molecule has 3 heterocycles. The highest BCUT2D eigenvalue weighted by molar-refractivity contribution is 6.30. The highest BCUT2D eigenvalue weighted by Crippen LogP contribution is 2.38. The third-order valence-corrected chi connectivity index (χ3v) is 5.67. The van der Waals surface area contributed by atoms with Gasteiger partial charge in [0.05, 0.1) is 10.7 Å². The highest BCUT2D eigenvalue weighted by atomic mass is 35.5. The van der Waals surface area contributed by atoms with Gasteiger partial charge in [-0.3, -0.25) is 4.79 Å². The minimum absolute atomic E-state index is 0.144. The first-order valence-electron chi connectivity index (χ1n) is 10.1. The average Bonchev–Trinajstić information content (AvgIpc) is 3.43. The van der Waals surface area contributed by atoms with Crippen LogP contribution in [0.25, 0.3) is 5.65 Å². The van der Waals surface area contributed by atoms with E-state index < -0.39 is 0 Å². The number of rotatable bonds is 6. The Hall–Kier alpha value is -3.58. The monoisotopic (exact) mass is 451 g/mol. The van der Waals surface area contributed by atoms with Crippen molar-refractivity contribution in [1.82, 2.24) is 14.7 Å². The lowest BCUT2D eigenvalue weighted by molar-refractivity contribution is -0.121. The van der Waals surface area contributed by atoms with Gasteiger partial charge in [-0.25, -0.2) is 9.37 Å². The van der Waals surface area contributed by atoms with Gasteiger partial charge in [0.1, 0.15) is 11.5 Å². The van der Waals surface area contributed by atoms with Gasteiger partial charge in [-0.05, 0) is 47.5 Å². The second kappa shape index (κ2) is 8.51. The molecule has 1 unspecified atom stereocenters. The molecule has 1 amide bonds. The van der Waals surface area contributed by atoms with Gasteiger partial charge in [-0.1, -0.05) is 29.8 Å². The van der Waals surface area contributed by atoms with Gasteiger partial charge in [0.2, 0.25) is 12.7 Å². The molecule has 0 bridgehead atoms. The molecule has 5 rings (SSSR count). The number of fused-ring (bicyclic) bond motifs is 2. The molecule has 32 heavy (non-hydrogen) atoms. The average molecular weight is 452 g/mol. The van der Waals surface area contributed by atoms with Crippen molar-refractivity contribution in [1.29, 1.82) is 0 Å². The van der Waals surface area contributed by atoms with E-state index in [4.69, 9.17) is 21.1 Å². The summed E-state index contributed by atoms with van der Waals surface area (Å²) in [6.07, 6.45) is 3.73. The maximum absolute atomic E-state index is 13.1. The number of nitrogens with one attached hydrogen (secondary N) is 1. The number of aromatic nitrogens is 2. The lowest BCUT2D eigenvalue weighted by Crippen LogP contribution is -2.25. The molecule has 4 aromatic rings. The second-order valence-electron chi connectivity index (χ2n) is 7.53. The van der Waals surface area contributed by atoms with Crippen LogP contribution in [0.3, 0.4) is 0 Å². The number of carbonyl (C=O) groups is 1. The Balaban J connectivity index is 1.44. The summed E-state index contributed by atoms with van der Waals surface area (Å²) in [6.45, 7) is 0.485. The SMILES string of the molecule is O=C(CC(c1ccc2c(c1)OCO2)c1cnc2ccc(Cl)cn12)NCc1ccc(F)cc1. The van der Waals surface area contributed by atoms with Crippen molar-refractivity contribution in [3.8, 4) is 11.5 Å². The molecule has 8 heteroatoms. The van der Waals surface area contributed by atoms with Crippen LogP contribution in [0.4, 0.5) is 4.39 Å². The lowest BCUT2D eigenvalue weighted by Gasteiger charge is -2.18. The minimum atomic E-state index is -0.311. The summed E-state index contributed by atoms with van der Waals surface area (Å²) in [7, 11) is 0. The standard InChI is InChI=1S/C24H19ClFN3O3/c25-17-4-8-23-27-12-20(29(23)13-17)19(16-3-7-21-22(9-16)32-14-31-21)10-24(30)28-11-15-1-5-18(26)6-2-15/h1-9,12-13,19H,10-11,14H2,(H,28,30). The van der Waals surface area contributed by atoms with Crippen LogP contribution in [-0.4, -0.2) is 22.1 Å². The zero-order chi connectivity index (χ0) is 22.1. The number of imidazole rings is 1. The predicted octanol–water partition coefficient (Wildman–Crippen LogP) is 4.69. The molecular formula is C24H19ClFN3O3. The van der Waals surface area contributed by atoms with E-state index in [-0.39, 0.29) is 30.9 Å². The quantitative estimate of drug-likeness (QED) is 0.461. The van der Waals surface area contributed by atoms with E-state index in [1.165, 1.54) is 12.1 Å². The Labute approximate surface area is 188 Å². The third-order valence-electron chi connectivity index (χ3n) is 5.45. The summed E-state index contributed by atoms with van der Waals surface area (Å²) < 4.78 is 26.0. The third kappa shape index (κ3) is 4.11. The van der Waals surface area contributed by atoms with E-state index in [1.807, 2.05) is 28.7 Å². The van der Waals surface area contributed by atoms with Crippen LogP contribution in [0, 0.1) is 5.82 Å². The van der Waals surface area contributed by atoms with Crippen LogP contribution >= 0.6 is 11.6 Å². The van der Waals surface area contributed by atoms with Crippen molar-refractivity contribution < 1.29 is 18.7 Å². The van der Waals surface area contributed by atoms with Gasteiger partial charge < -0.3 is 19.2 Å². The number of benzene rings is 2. The fourth-order valence-corrected chi connectivity index (χ4v) is 3.98. The molecular weight excluding hydrogens is 433 g/mol. The van der Waals surface area contributed by atoms with E-state index in [9.17, 15) is 9.18 Å². The summed E-state index contributed by atoms with van der Waals surface area (Å²) in [4.78, 5) is 17.4. The second-order valence-corrected chi connectivity index (χ2v) is 7.97. The molecule has 162 valence electrons. The van der Waals surface area contributed by atoms with Gasteiger partial charge in [-0.2, -0.15) is 0 Å². The molecule has 1 aliphatic heterocycles. The number of ether oxygens (including phenoxy) is 2. The number of hydrogen-bond donors (Lipinski definition) is 1. The van der Waals surface area contributed by atoms with E-state index >= 15 is 0 Å². The smallest absolute Gasteiger partial charge is 0.231 e. The van der Waals surface area contributed by atoms with Crippen molar-refractivity contribution in [2.45, 2.75) is 18.9 Å². The molecule has 0 spiro atoms. The molecule has 2 aromatic heterocycles. The Morgan fingerprint density at radius 3 is 2.78 bits per heavy atom. The number of pyridine rings is 1. The summed E-state index contributed by atoms with van der Waals surface area (Å²) in [5.74, 6) is 0.565. The van der Waals surface area contributed by atoms with Crippen LogP contribution in [0.2, 0.25) is 5.02 Å². The van der Waals surface area contributed by atoms with Crippen molar-refractivity contribution in [3.63, 3.8) is 0 Å². The van der Waals surface area contributed by atoms with Gasteiger partial charge in [0.25, 0.3) is 0 Å². The van der Waals surface area contributed by atoms with Crippen LogP contribution in [0.15, 0.2) is 67.0 Å².